The molecule has 0 aliphatic carbocycles. The zero-order valence-electron chi connectivity index (χ0n) is 21.3. The molecule has 0 fully saturated rings. The lowest BCUT2D eigenvalue weighted by Crippen LogP contribution is -1.93. The molecule has 6 N–H and O–H groups in total. The van der Waals surface area contributed by atoms with Crippen molar-refractivity contribution in [1.29, 1.82) is 0 Å². The first-order valence-electron chi connectivity index (χ1n) is 11.7. The van der Waals surface area contributed by atoms with E-state index in [0.717, 1.165) is 36.0 Å². The molecule has 198 valence electrons. The Labute approximate surface area is 223 Å². The molecule has 0 spiro atoms. The number of aryl methyl sites for hydroxylation is 1. The minimum absolute atomic E-state index is 0.0851. The molecule has 0 bridgehead atoms. The molecule has 36 heavy (non-hydrogen) atoms. The summed E-state index contributed by atoms with van der Waals surface area (Å²) >= 11 is 10.8. The molecule has 3 aromatic carbocycles. The smallest absolute Gasteiger partial charge is 0.135 e. The van der Waals surface area contributed by atoms with Gasteiger partial charge < -0.3 is 30.6 Å². The molecular formula is C28H36Cl2O6. The summed E-state index contributed by atoms with van der Waals surface area (Å²) in [4.78, 5) is 0. The number of hydrogen-bond acceptors (Lipinski definition) is 6. The monoisotopic (exact) mass is 538 g/mol. The Hall–Kier alpha value is -2.96. The summed E-state index contributed by atoms with van der Waals surface area (Å²) in [5, 5.41) is 55.9. The molecule has 0 aliphatic rings. The largest absolute Gasteiger partial charge is 0.508 e. The second kappa shape index (κ2) is 14.6. The molecule has 0 amide bonds. The topological polar surface area (TPSA) is 121 Å². The Morgan fingerprint density at radius 3 is 1.44 bits per heavy atom. The summed E-state index contributed by atoms with van der Waals surface area (Å²) < 4.78 is 0. The number of phenolic OH excluding ortho intramolecular Hbond substituents is 6. The molecule has 8 heteroatoms. The average Bonchev–Trinajstić information content (AvgIpc) is 2.80. The summed E-state index contributed by atoms with van der Waals surface area (Å²) in [6.45, 7) is 10.1. The van der Waals surface area contributed by atoms with E-state index in [1.54, 1.807) is 18.2 Å². The lowest BCUT2D eigenvalue weighted by molar-refractivity contribution is 0.443. The lowest BCUT2D eigenvalue weighted by atomic mass is 9.95. The first-order valence-corrected chi connectivity index (χ1v) is 12.5. The zero-order valence-corrected chi connectivity index (χ0v) is 22.8. The maximum absolute atomic E-state index is 9.72. The number of unbranched alkanes of at least 4 members (excludes halogenated alkanes) is 1. The van der Waals surface area contributed by atoms with Crippen molar-refractivity contribution in [3.63, 3.8) is 0 Å². The number of aromatic hydroxyl groups is 6. The summed E-state index contributed by atoms with van der Waals surface area (Å²) in [5.74, 6) is 1.24. The zero-order chi connectivity index (χ0) is 27.6. The minimum atomic E-state index is -0.135. The van der Waals surface area contributed by atoms with Gasteiger partial charge in [0, 0.05) is 23.3 Å². The highest BCUT2D eigenvalue weighted by Crippen LogP contribution is 2.35. The standard InChI is InChI=1S/C12H18O2.C10H14O2.C6H4Cl2O2/c1-7(2)9-5-12(14)10(8(3)4)6-11(9)13;1-2-3-4-8-7-9(11)5-6-10(8)12;7-3-1-5(9)4(8)2-6(3)10/h5-8,13-14H,1-4H3;5-7,11-12H,2-4H2,1H3;1-2,9-10H. The predicted molar refractivity (Wildman–Crippen MR) is 146 cm³/mol. The number of benzene rings is 3. The van der Waals surface area contributed by atoms with E-state index in [1.165, 1.54) is 24.3 Å². The van der Waals surface area contributed by atoms with Gasteiger partial charge in [0.1, 0.15) is 34.5 Å². The molecule has 0 aliphatic heterocycles. The van der Waals surface area contributed by atoms with Gasteiger partial charge in [0.15, 0.2) is 0 Å². The average molecular weight is 539 g/mol. The molecule has 6 nitrogen and oxygen atoms in total. The molecule has 0 aromatic heterocycles. The van der Waals surface area contributed by atoms with Gasteiger partial charge in [-0.1, -0.05) is 64.2 Å². The van der Waals surface area contributed by atoms with Crippen molar-refractivity contribution in [3.05, 3.63) is 69.2 Å². The molecule has 0 unspecified atom stereocenters. The number of hydrogen-bond donors (Lipinski definition) is 6. The number of phenols is 6. The normalized spacial score (nSPS) is 10.5. The van der Waals surface area contributed by atoms with Crippen molar-refractivity contribution in [3.8, 4) is 34.5 Å². The number of rotatable bonds is 5. The third-order valence-corrected chi connectivity index (χ3v) is 5.90. The quantitative estimate of drug-likeness (QED) is 0.182. The number of halogens is 2. The van der Waals surface area contributed by atoms with Gasteiger partial charge in [-0.3, -0.25) is 0 Å². The summed E-state index contributed by atoms with van der Waals surface area (Å²) in [7, 11) is 0. The third-order valence-electron chi connectivity index (χ3n) is 5.30. The summed E-state index contributed by atoms with van der Waals surface area (Å²) in [6.07, 6.45) is 2.96. The van der Waals surface area contributed by atoms with Crippen molar-refractivity contribution in [2.75, 3.05) is 0 Å². The van der Waals surface area contributed by atoms with Crippen LogP contribution in [0.5, 0.6) is 34.5 Å². The van der Waals surface area contributed by atoms with Crippen LogP contribution in [-0.4, -0.2) is 30.6 Å². The van der Waals surface area contributed by atoms with Crippen LogP contribution in [0.3, 0.4) is 0 Å². The predicted octanol–water partition coefficient (Wildman–Crippen LogP) is 8.19. The van der Waals surface area contributed by atoms with Crippen molar-refractivity contribution in [2.45, 2.75) is 65.7 Å². The van der Waals surface area contributed by atoms with Gasteiger partial charge >= 0.3 is 0 Å². The van der Waals surface area contributed by atoms with Gasteiger partial charge in [-0.25, -0.2) is 0 Å². The van der Waals surface area contributed by atoms with Gasteiger partial charge in [-0.15, -0.1) is 0 Å². The Morgan fingerprint density at radius 2 is 1.06 bits per heavy atom. The van der Waals surface area contributed by atoms with Crippen LogP contribution in [0.25, 0.3) is 0 Å². The first kappa shape index (κ1) is 31.1. The van der Waals surface area contributed by atoms with E-state index in [2.05, 4.69) is 6.92 Å². The molecular weight excluding hydrogens is 503 g/mol. The Kier molecular flexibility index (Phi) is 12.6. The fraction of sp³-hybridized carbons (Fsp3) is 0.357. The molecule has 0 radical (unpaired) electrons. The van der Waals surface area contributed by atoms with Crippen LogP contribution in [0.4, 0.5) is 0 Å². The molecule has 3 rings (SSSR count). The Morgan fingerprint density at radius 1 is 0.611 bits per heavy atom. The van der Waals surface area contributed by atoms with E-state index in [9.17, 15) is 15.3 Å². The van der Waals surface area contributed by atoms with Crippen LogP contribution in [0.2, 0.25) is 10.0 Å². The fourth-order valence-corrected chi connectivity index (χ4v) is 3.52. The van der Waals surface area contributed by atoms with Crippen LogP contribution in [0.1, 0.15) is 76.0 Å². The van der Waals surface area contributed by atoms with Gasteiger partial charge in [0.25, 0.3) is 0 Å². The van der Waals surface area contributed by atoms with Crippen LogP contribution >= 0.6 is 23.2 Å². The van der Waals surface area contributed by atoms with Crippen LogP contribution < -0.4 is 0 Å². The van der Waals surface area contributed by atoms with Crippen LogP contribution in [0, 0.1) is 0 Å². The van der Waals surface area contributed by atoms with Crippen LogP contribution in [0.15, 0.2) is 42.5 Å². The van der Waals surface area contributed by atoms with E-state index in [1.807, 2.05) is 27.7 Å². The fourth-order valence-electron chi connectivity index (χ4n) is 3.20. The van der Waals surface area contributed by atoms with Gasteiger partial charge in [-0.2, -0.15) is 0 Å². The van der Waals surface area contributed by atoms with Gasteiger partial charge in [0.05, 0.1) is 10.0 Å². The maximum atomic E-state index is 9.72. The molecule has 0 saturated carbocycles. The molecule has 3 aromatic rings. The Bertz CT molecular complexity index is 1050. The van der Waals surface area contributed by atoms with Gasteiger partial charge in [0.2, 0.25) is 0 Å². The van der Waals surface area contributed by atoms with E-state index in [-0.39, 0.29) is 56.4 Å². The minimum Gasteiger partial charge on any atom is -0.508 e. The highest BCUT2D eigenvalue weighted by atomic mass is 35.5. The first-order chi connectivity index (χ1) is 16.8. The highest BCUT2D eigenvalue weighted by molar-refractivity contribution is 6.35. The van der Waals surface area contributed by atoms with E-state index >= 15 is 0 Å². The highest BCUT2D eigenvalue weighted by Gasteiger charge is 2.13. The maximum Gasteiger partial charge on any atom is 0.135 e. The van der Waals surface area contributed by atoms with E-state index in [4.69, 9.17) is 38.5 Å². The Balaban J connectivity index is 0.000000274. The summed E-state index contributed by atoms with van der Waals surface area (Å²) in [5.41, 5.74) is 2.43. The summed E-state index contributed by atoms with van der Waals surface area (Å²) in [6, 6.07) is 10.3. The van der Waals surface area contributed by atoms with Crippen molar-refractivity contribution >= 4 is 23.2 Å². The second-order valence-electron chi connectivity index (χ2n) is 8.95. The molecule has 0 saturated heterocycles. The molecule has 0 heterocycles. The van der Waals surface area contributed by atoms with Crippen molar-refractivity contribution < 1.29 is 30.6 Å². The third kappa shape index (κ3) is 9.59. The van der Waals surface area contributed by atoms with Crippen LogP contribution in [-0.2, 0) is 6.42 Å². The SMILES string of the molecule is CC(C)c1cc(O)c(C(C)C)cc1O.CCCCc1cc(O)ccc1O.Oc1cc(Cl)c(O)cc1Cl. The molecule has 0 atom stereocenters. The lowest BCUT2D eigenvalue weighted by Gasteiger charge is -2.14. The van der Waals surface area contributed by atoms with Gasteiger partial charge in [-0.05, 0) is 60.6 Å². The second-order valence-corrected chi connectivity index (χ2v) is 9.77. The van der Waals surface area contributed by atoms with Crippen molar-refractivity contribution in [2.24, 2.45) is 0 Å². The van der Waals surface area contributed by atoms with Crippen molar-refractivity contribution in [1.82, 2.24) is 0 Å². The van der Waals surface area contributed by atoms with E-state index < -0.39 is 0 Å². The van der Waals surface area contributed by atoms with E-state index in [0.29, 0.717) is 0 Å².